The second-order valence-electron chi connectivity index (χ2n) is 4.10. The van der Waals surface area contributed by atoms with E-state index in [4.69, 9.17) is 23.2 Å². The second kappa shape index (κ2) is 3.36. The van der Waals surface area contributed by atoms with Crippen molar-refractivity contribution in [3.8, 4) is 0 Å². The highest BCUT2D eigenvalue weighted by atomic mass is 35.5. The Kier molecular flexibility index (Phi) is 2.55. The fourth-order valence-corrected chi connectivity index (χ4v) is 3.97. The number of hydrogen-bond acceptors (Lipinski definition) is 1. The predicted octanol–water partition coefficient (Wildman–Crippen LogP) is 2.10. The van der Waals surface area contributed by atoms with E-state index in [9.17, 15) is 5.11 Å². The number of aliphatic hydroxyl groups is 1. The monoisotopic (exact) mass is 208 g/mol. The fourth-order valence-electron chi connectivity index (χ4n) is 3.03. The number of halogens is 2. The summed E-state index contributed by atoms with van der Waals surface area (Å²) < 4.78 is 0. The Bertz CT molecular complexity index is 172. The van der Waals surface area contributed by atoms with E-state index in [0.717, 1.165) is 12.8 Å². The number of alkyl halides is 2. The van der Waals surface area contributed by atoms with Gasteiger partial charge >= 0.3 is 0 Å². The van der Waals surface area contributed by atoms with E-state index in [0.29, 0.717) is 35.4 Å². The summed E-state index contributed by atoms with van der Waals surface area (Å²) in [5.41, 5.74) is 0. The predicted molar refractivity (Wildman–Crippen MR) is 50.6 cm³/mol. The minimum atomic E-state index is -0.0989. The molecule has 2 aliphatic rings. The largest absolute Gasteiger partial charge is 0.393 e. The van der Waals surface area contributed by atoms with Crippen LogP contribution in [0.4, 0.5) is 0 Å². The summed E-state index contributed by atoms with van der Waals surface area (Å²) in [7, 11) is 0. The van der Waals surface area contributed by atoms with E-state index in [1.807, 2.05) is 0 Å². The molecule has 2 saturated carbocycles. The number of hydrogen-bond donors (Lipinski definition) is 1. The molecule has 0 amide bonds. The molecule has 0 saturated heterocycles. The maximum atomic E-state index is 9.63. The van der Waals surface area contributed by atoms with Crippen LogP contribution < -0.4 is 0 Å². The van der Waals surface area contributed by atoms with Crippen molar-refractivity contribution in [1.29, 1.82) is 0 Å². The summed E-state index contributed by atoms with van der Waals surface area (Å²) in [6.45, 7) is 0. The standard InChI is InChI=1S/C9H14Cl2O/c10-3-7-5-1-6(8(7)4-11)9(12)2-5/h5-9,12H,1-4H2/t5-,6-,7?,8?,9-/m1/s1. The van der Waals surface area contributed by atoms with Crippen LogP contribution in [-0.2, 0) is 0 Å². The molecule has 0 aliphatic heterocycles. The summed E-state index contributed by atoms with van der Waals surface area (Å²) in [5.74, 6) is 3.50. The molecule has 0 aromatic rings. The van der Waals surface area contributed by atoms with Gasteiger partial charge in [0.25, 0.3) is 0 Å². The van der Waals surface area contributed by atoms with Gasteiger partial charge in [-0.2, -0.15) is 0 Å². The van der Waals surface area contributed by atoms with Gasteiger partial charge in [0.05, 0.1) is 6.10 Å². The summed E-state index contributed by atoms with van der Waals surface area (Å²) in [6, 6.07) is 0. The molecule has 2 fully saturated rings. The van der Waals surface area contributed by atoms with Crippen molar-refractivity contribution in [1.82, 2.24) is 0 Å². The molecular formula is C9H14Cl2O. The van der Waals surface area contributed by atoms with Crippen LogP contribution in [0.5, 0.6) is 0 Å². The van der Waals surface area contributed by atoms with E-state index >= 15 is 0 Å². The molecule has 12 heavy (non-hydrogen) atoms. The summed E-state index contributed by atoms with van der Waals surface area (Å²) >= 11 is 11.8. The molecule has 2 rings (SSSR count). The Hall–Kier alpha value is 0.540. The Morgan fingerprint density at radius 2 is 1.75 bits per heavy atom. The van der Waals surface area contributed by atoms with Crippen molar-refractivity contribution in [2.24, 2.45) is 23.7 Å². The lowest BCUT2D eigenvalue weighted by atomic mass is 9.80. The lowest BCUT2D eigenvalue weighted by molar-refractivity contribution is 0.0665. The molecule has 2 unspecified atom stereocenters. The number of fused-ring (bicyclic) bond motifs is 2. The van der Waals surface area contributed by atoms with Gasteiger partial charge in [-0.25, -0.2) is 0 Å². The molecule has 0 spiro atoms. The van der Waals surface area contributed by atoms with Crippen LogP contribution in [0.3, 0.4) is 0 Å². The summed E-state index contributed by atoms with van der Waals surface area (Å²) in [6.07, 6.45) is 2.00. The average Bonchev–Trinajstić information content (AvgIpc) is 2.58. The maximum absolute atomic E-state index is 9.63. The molecule has 2 aliphatic carbocycles. The third-order valence-corrected chi connectivity index (χ3v) is 4.39. The van der Waals surface area contributed by atoms with E-state index in [-0.39, 0.29) is 6.10 Å². The van der Waals surface area contributed by atoms with Crippen LogP contribution in [0.1, 0.15) is 12.8 Å². The Labute approximate surface area is 83.0 Å². The fraction of sp³-hybridized carbons (Fsp3) is 1.00. The van der Waals surface area contributed by atoms with Crippen LogP contribution in [0, 0.1) is 23.7 Å². The first-order valence-electron chi connectivity index (χ1n) is 4.58. The van der Waals surface area contributed by atoms with E-state index in [1.165, 1.54) is 0 Å². The summed E-state index contributed by atoms with van der Waals surface area (Å²) in [5, 5.41) is 9.63. The van der Waals surface area contributed by atoms with Crippen LogP contribution in [0.2, 0.25) is 0 Å². The van der Waals surface area contributed by atoms with Crippen molar-refractivity contribution >= 4 is 23.2 Å². The van der Waals surface area contributed by atoms with Crippen LogP contribution in [0.15, 0.2) is 0 Å². The highest BCUT2D eigenvalue weighted by Crippen LogP contribution is 2.52. The first-order chi connectivity index (χ1) is 5.77. The van der Waals surface area contributed by atoms with Crippen LogP contribution >= 0.6 is 23.2 Å². The number of rotatable bonds is 2. The quantitative estimate of drug-likeness (QED) is 0.690. The van der Waals surface area contributed by atoms with Crippen LogP contribution in [0.25, 0.3) is 0 Å². The van der Waals surface area contributed by atoms with Crippen molar-refractivity contribution in [2.75, 3.05) is 11.8 Å². The van der Waals surface area contributed by atoms with Crippen LogP contribution in [-0.4, -0.2) is 23.0 Å². The van der Waals surface area contributed by atoms with E-state index in [2.05, 4.69) is 0 Å². The topological polar surface area (TPSA) is 20.2 Å². The molecule has 3 heteroatoms. The van der Waals surface area contributed by atoms with Gasteiger partial charge in [-0.15, -0.1) is 23.2 Å². The van der Waals surface area contributed by atoms with Crippen molar-refractivity contribution in [3.63, 3.8) is 0 Å². The van der Waals surface area contributed by atoms with E-state index in [1.54, 1.807) is 0 Å². The SMILES string of the molecule is O[C@@H]1C[C@H]2C[C@@H]1C(CCl)C2CCl. The third kappa shape index (κ3) is 1.18. The first-order valence-corrected chi connectivity index (χ1v) is 5.64. The molecule has 0 aromatic heterocycles. The second-order valence-corrected chi connectivity index (χ2v) is 4.72. The Balaban J connectivity index is 2.11. The third-order valence-electron chi connectivity index (χ3n) is 3.68. The molecule has 5 atom stereocenters. The molecule has 0 heterocycles. The minimum absolute atomic E-state index is 0.0989. The van der Waals surface area contributed by atoms with Gasteiger partial charge in [-0.1, -0.05) is 0 Å². The molecule has 1 nitrogen and oxygen atoms in total. The molecule has 70 valence electrons. The maximum Gasteiger partial charge on any atom is 0.0574 e. The smallest absolute Gasteiger partial charge is 0.0574 e. The molecular weight excluding hydrogens is 195 g/mol. The van der Waals surface area contributed by atoms with Crippen molar-refractivity contribution in [3.05, 3.63) is 0 Å². The Morgan fingerprint density at radius 1 is 1.08 bits per heavy atom. The highest BCUT2D eigenvalue weighted by Gasteiger charge is 2.51. The Morgan fingerprint density at radius 3 is 2.33 bits per heavy atom. The van der Waals surface area contributed by atoms with E-state index < -0.39 is 0 Å². The molecule has 0 aromatic carbocycles. The molecule has 2 bridgehead atoms. The van der Waals surface area contributed by atoms with Crippen molar-refractivity contribution in [2.45, 2.75) is 18.9 Å². The van der Waals surface area contributed by atoms with Gasteiger partial charge in [0.2, 0.25) is 0 Å². The first kappa shape index (κ1) is 9.11. The average molecular weight is 209 g/mol. The van der Waals surface area contributed by atoms with Gasteiger partial charge in [0.1, 0.15) is 0 Å². The summed E-state index contributed by atoms with van der Waals surface area (Å²) in [4.78, 5) is 0. The zero-order chi connectivity index (χ0) is 8.72. The highest BCUT2D eigenvalue weighted by molar-refractivity contribution is 6.19. The molecule has 1 N–H and O–H groups in total. The lowest BCUT2D eigenvalue weighted by Gasteiger charge is -2.31. The zero-order valence-electron chi connectivity index (χ0n) is 6.92. The number of aliphatic hydroxyl groups excluding tert-OH is 1. The minimum Gasteiger partial charge on any atom is -0.393 e. The van der Waals surface area contributed by atoms with Gasteiger partial charge in [-0.05, 0) is 36.5 Å². The normalized spacial score (nSPS) is 51.8. The van der Waals surface area contributed by atoms with Gasteiger partial charge in [-0.3, -0.25) is 0 Å². The van der Waals surface area contributed by atoms with Gasteiger partial charge in [0.15, 0.2) is 0 Å². The van der Waals surface area contributed by atoms with Crippen molar-refractivity contribution < 1.29 is 5.11 Å². The van der Waals surface area contributed by atoms with Gasteiger partial charge in [0, 0.05) is 11.8 Å². The lowest BCUT2D eigenvalue weighted by Crippen LogP contribution is -2.33. The molecule has 0 radical (unpaired) electrons. The van der Waals surface area contributed by atoms with Gasteiger partial charge < -0.3 is 5.11 Å². The zero-order valence-corrected chi connectivity index (χ0v) is 8.43.